The Balaban J connectivity index is 1.16. The van der Waals surface area contributed by atoms with Gasteiger partial charge in [-0.05, 0) is 89.3 Å². The lowest BCUT2D eigenvalue weighted by atomic mass is 9.49. The number of carboxylic acids is 1. The SMILES string of the molecule is CC(C)(NC(=O)NCCCCC(N)C(=O)O)C(=O)Oc1ccc2c3c1O[C@H]1C(=O)CC[C@@]4(O)[C@@H](C2)N(CC2CC2)CC[C@]314. The number of nitrogens with one attached hydrogen (secondary N) is 2. The Morgan fingerprint density at radius 3 is 2.72 bits per heavy atom. The molecular weight excluding hydrogens is 556 g/mol. The number of nitrogens with zero attached hydrogens (tertiary/aromatic N) is 1. The molecule has 3 fully saturated rings. The molecule has 2 bridgehead atoms. The van der Waals surface area contributed by atoms with E-state index in [0.29, 0.717) is 50.2 Å². The Bertz CT molecular complexity index is 1350. The smallest absolute Gasteiger partial charge is 0.336 e. The molecule has 5 aliphatic rings. The summed E-state index contributed by atoms with van der Waals surface area (Å²) in [4.78, 5) is 52.4. The maximum Gasteiger partial charge on any atom is 0.336 e. The molecule has 1 aromatic carbocycles. The van der Waals surface area contributed by atoms with Gasteiger partial charge in [-0.15, -0.1) is 0 Å². The van der Waals surface area contributed by atoms with Crippen LogP contribution in [0.4, 0.5) is 4.79 Å². The number of rotatable bonds is 11. The number of aliphatic carboxylic acids is 1. The van der Waals surface area contributed by atoms with E-state index in [4.69, 9.17) is 20.3 Å². The number of ether oxygens (including phenoxy) is 2. The number of carbonyl (C=O) groups is 4. The highest BCUT2D eigenvalue weighted by atomic mass is 16.6. The predicted octanol–water partition coefficient (Wildman–Crippen LogP) is 1.39. The van der Waals surface area contributed by atoms with Gasteiger partial charge in [0, 0.05) is 31.1 Å². The normalized spacial score (nSPS) is 29.7. The lowest BCUT2D eigenvalue weighted by Crippen LogP contribution is -2.76. The van der Waals surface area contributed by atoms with Crippen molar-refractivity contribution < 1.29 is 38.9 Å². The standard InChI is InChI=1S/C31H42N4O8/c1-29(2,34-28(40)33-13-4-3-5-19(32)26(37)38)27(39)42-21-9-8-18-15-22-31(41)11-10-20(36)25-30(31,23(18)24(21)43-25)12-14-35(22)16-17-6-7-17/h8-9,17,19,22,25,41H,3-7,10-16,32H2,1-2H3,(H,37,38)(H2,33,34,40)/t19?,22-,25+,30+,31-/m1/s1. The molecular formula is C31H42N4O8. The van der Waals surface area contributed by atoms with Gasteiger partial charge in [0.05, 0.1) is 11.0 Å². The molecule has 1 aromatic rings. The van der Waals surface area contributed by atoms with Crippen molar-refractivity contribution in [3.8, 4) is 11.5 Å². The average molecular weight is 599 g/mol. The molecule has 1 saturated heterocycles. The number of likely N-dealkylation sites (tertiary alicyclic amines) is 1. The van der Waals surface area contributed by atoms with E-state index in [-0.39, 0.29) is 30.5 Å². The maximum absolute atomic E-state index is 13.3. The highest BCUT2D eigenvalue weighted by molar-refractivity contribution is 5.91. The van der Waals surface area contributed by atoms with Crippen LogP contribution in [-0.2, 0) is 26.2 Å². The summed E-state index contributed by atoms with van der Waals surface area (Å²) in [6, 6.07) is 2.01. The van der Waals surface area contributed by atoms with Crippen molar-refractivity contribution in [2.75, 3.05) is 19.6 Å². The summed E-state index contributed by atoms with van der Waals surface area (Å²) in [7, 11) is 0. The predicted molar refractivity (Wildman–Crippen MR) is 154 cm³/mol. The van der Waals surface area contributed by atoms with Crippen LogP contribution in [0.3, 0.4) is 0 Å². The molecule has 1 unspecified atom stereocenters. The van der Waals surface area contributed by atoms with Gasteiger partial charge in [-0.3, -0.25) is 14.5 Å². The second-order valence-corrected chi connectivity index (χ2v) is 13.5. The summed E-state index contributed by atoms with van der Waals surface area (Å²) in [5.74, 6) is -0.613. The molecule has 2 amide bonds. The topological polar surface area (TPSA) is 181 Å². The third-order valence-electron chi connectivity index (χ3n) is 10.2. The van der Waals surface area contributed by atoms with E-state index in [9.17, 15) is 24.3 Å². The number of urea groups is 1. The zero-order chi connectivity index (χ0) is 30.7. The summed E-state index contributed by atoms with van der Waals surface area (Å²) in [5.41, 5.74) is 3.92. The van der Waals surface area contributed by atoms with Gasteiger partial charge in [-0.2, -0.15) is 0 Å². The number of hydrogen-bond acceptors (Lipinski definition) is 9. The number of aliphatic hydroxyl groups is 1. The summed E-state index contributed by atoms with van der Waals surface area (Å²) in [5, 5.41) is 26.6. The number of piperidine rings is 1. The van der Waals surface area contributed by atoms with Crippen LogP contribution < -0.4 is 25.8 Å². The quantitative estimate of drug-likeness (QED) is 0.142. The second-order valence-electron chi connectivity index (χ2n) is 13.5. The molecule has 0 radical (unpaired) electrons. The first-order valence-corrected chi connectivity index (χ1v) is 15.5. The number of ketones is 1. The molecule has 5 atom stereocenters. The second kappa shape index (κ2) is 10.7. The molecule has 1 spiro atoms. The van der Waals surface area contributed by atoms with Crippen LogP contribution in [-0.4, -0.2) is 87.8 Å². The van der Waals surface area contributed by atoms with Crippen LogP contribution in [0.2, 0.25) is 0 Å². The third-order valence-corrected chi connectivity index (χ3v) is 10.2. The molecule has 3 aliphatic carbocycles. The highest BCUT2D eigenvalue weighted by Gasteiger charge is 2.73. The van der Waals surface area contributed by atoms with Crippen molar-refractivity contribution in [3.63, 3.8) is 0 Å². The number of hydrogen-bond donors (Lipinski definition) is 5. The first-order chi connectivity index (χ1) is 20.4. The van der Waals surface area contributed by atoms with Crippen LogP contribution in [0.1, 0.15) is 76.3 Å². The van der Waals surface area contributed by atoms with E-state index >= 15 is 0 Å². The van der Waals surface area contributed by atoms with Crippen molar-refractivity contribution in [2.45, 2.75) is 106 Å². The first kappa shape index (κ1) is 29.8. The molecule has 2 saturated carbocycles. The first-order valence-electron chi connectivity index (χ1n) is 15.5. The van der Waals surface area contributed by atoms with Gasteiger partial charge in [0.1, 0.15) is 11.6 Å². The van der Waals surface area contributed by atoms with E-state index in [2.05, 4.69) is 15.5 Å². The Labute approximate surface area is 250 Å². The summed E-state index contributed by atoms with van der Waals surface area (Å²) in [6.07, 6.45) is 4.84. The molecule has 43 heavy (non-hydrogen) atoms. The third kappa shape index (κ3) is 4.97. The highest BCUT2D eigenvalue weighted by Crippen LogP contribution is 2.65. The number of esters is 1. The largest absolute Gasteiger partial charge is 0.480 e. The zero-order valence-corrected chi connectivity index (χ0v) is 24.8. The Hall–Kier alpha value is -3.22. The van der Waals surface area contributed by atoms with Gasteiger partial charge in [0.15, 0.2) is 23.4 Å². The molecule has 12 heteroatoms. The molecule has 234 valence electrons. The van der Waals surface area contributed by atoms with Gasteiger partial charge in [0.25, 0.3) is 0 Å². The molecule has 2 heterocycles. The van der Waals surface area contributed by atoms with Crippen LogP contribution in [0.25, 0.3) is 0 Å². The zero-order valence-electron chi connectivity index (χ0n) is 24.8. The van der Waals surface area contributed by atoms with E-state index in [1.807, 2.05) is 6.07 Å². The number of amides is 2. The number of carboxylic acid groups (broad SMARTS) is 1. The van der Waals surface area contributed by atoms with E-state index < -0.39 is 46.7 Å². The van der Waals surface area contributed by atoms with Gasteiger partial charge in [-0.1, -0.05) is 6.07 Å². The van der Waals surface area contributed by atoms with Crippen molar-refractivity contribution >= 4 is 23.8 Å². The van der Waals surface area contributed by atoms with Crippen molar-refractivity contribution in [3.05, 3.63) is 23.3 Å². The molecule has 0 aromatic heterocycles. The van der Waals surface area contributed by atoms with Gasteiger partial charge < -0.3 is 36.1 Å². The van der Waals surface area contributed by atoms with Gasteiger partial charge in [-0.25, -0.2) is 9.59 Å². The maximum atomic E-state index is 13.3. The monoisotopic (exact) mass is 598 g/mol. The lowest BCUT2D eigenvalue weighted by Gasteiger charge is -2.62. The number of unbranched alkanes of at least 4 members (excludes halogenated alkanes) is 1. The summed E-state index contributed by atoms with van der Waals surface area (Å²) in [6.45, 7) is 5.08. The Morgan fingerprint density at radius 1 is 1.23 bits per heavy atom. The lowest BCUT2D eigenvalue weighted by molar-refractivity contribution is -0.188. The van der Waals surface area contributed by atoms with E-state index in [0.717, 1.165) is 24.2 Å². The van der Waals surface area contributed by atoms with Crippen LogP contribution in [0.15, 0.2) is 12.1 Å². The molecule has 6 rings (SSSR count). The van der Waals surface area contributed by atoms with Crippen molar-refractivity contribution in [1.29, 1.82) is 0 Å². The minimum Gasteiger partial charge on any atom is -0.480 e. The van der Waals surface area contributed by atoms with E-state index in [1.54, 1.807) is 6.07 Å². The average Bonchev–Trinajstić information content (AvgIpc) is 3.69. The number of benzene rings is 1. The van der Waals surface area contributed by atoms with Crippen molar-refractivity contribution in [2.24, 2.45) is 11.7 Å². The van der Waals surface area contributed by atoms with Crippen LogP contribution in [0.5, 0.6) is 11.5 Å². The fourth-order valence-electron chi connectivity index (χ4n) is 7.75. The van der Waals surface area contributed by atoms with Gasteiger partial charge in [0.2, 0.25) is 0 Å². The molecule has 2 aliphatic heterocycles. The Morgan fingerprint density at radius 2 is 2.00 bits per heavy atom. The Kier molecular flexibility index (Phi) is 7.45. The molecule has 6 N–H and O–H groups in total. The minimum atomic E-state index is -1.40. The minimum absolute atomic E-state index is 0.0380. The summed E-state index contributed by atoms with van der Waals surface area (Å²) < 4.78 is 12.2. The van der Waals surface area contributed by atoms with Crippen molar-refractivity contribution in [1.82, 2.24) is 15.5 Å². The summed E-state index contributed by atoms with van der Waals surface area (Å²) >= 11 is 0. The number of Topliss-reactive ketones (excluding diaryl/α,β-unsaturated/α-hetero) is 1. The van der Waals surface area contributed by atoms with E-state index in [1.165, 1.54) is 26.7 Å². The fraction of sp³-hybridized carbons (Fsp3) is 0.677. The number of carbonyl (C=O) groups excluding carboxylic acids is 3. The van der Waals surface area contributed by atoms with Crippen LogP contribution in [0, 0.1) is 5.92 Å². The van der Waals surface area contributed by atoms with Gasteiger partial charge >= 0.3 is 18.0 Å². The number of nitrogens with two attached hydrogens (primary N) is 1. The fourth-order valence-corrected chi connectivity index (χ4v) is 7.75. The molecule has 12 nitrogen and oxygen atoms in total. The van der Waals surface area contributed by atoms with Crippen LogP contribution >= 0.6 is 0 Å².